The minimum atomic E-state index is -0.315. The number of rotatable bonds is 11. The van der Waals surface area contributed by atoms with Crippen molar-refractivity contribution in [2.45, 2.75) is 64.2 Å². The average molecular weight is 555 g/mol. The maximum atomic E-state index is 13.2. The van der Waals surface area contributed by atoms with Gasteiger partial charge in [0.05, 0.1) is 12.9 Å². The molecule has 1 heterocycles. The summed E-state index contributed by atoms with van der Waals surface area (Å²) in [5.74, 6) is 0.577. The molecule has 7 heteroatoms. The number of ether oxygens (including phenoxy) is 1. The molecule has 2 atom stereocenters. The number of hydrogen-bond donors (Lipinski definition) is 2. The van der Waals surface area contributed by atoms with E-state index < -0.39 is 0 Å². The number of nitrogen functional groups attached to an aromatic ring is 1. The summed E-state index contributed by atoms with van der Waals surface area (Å²) in [6.07, 6.45) is 7.56. The molecule has 7 nitrogen and oxygen atoms in total. The third-order valence-corrected chi connectivity index (χ3v) is 8.19. The zero-order valence-corrected chi connectivity index (χ0v) is 23.6. The molecule has 1 aliphatic rings. The smallest absolute Gasteiger partial charge is 0.251 e. The van der Waals surface area contributed by atoms with Gasteiger partial charge in [0.25, 0.3) is 5.91 Å². The number of unbranched alkanes of at least 4 members (excludes halogenated alkanes) is 3. The van der Waals surface area contributed by atoms with Gasteiger partial charge < -0.3 is 20.2 Å². The minimum Gasteiger partial charge on any atom is -0.494 e. The molecule has 1 fully saturated rings. The SMILES string of the molecule is CCC1CC(=O)C(c2coc3ccc4cc(OCCCCCCNC(=O)c5ccc(N)cc5)ccc4c23)CCC1=O. The summed E-state index contributed by atoms with van der Waals surface area (Å²) in [6.45, 7) is 3.23. The van der Waals surface area contributed by atoms with Crippen molar-refractivity contribution in [1.82, 2.24) is 5.32 Å². The number of anilines is 1. The first-order chi connectivity index (χ1) is 19.9. The number of fused-ring (bicyclic) bond motifs is 3. The Kier molecular flexibility index (Phi) is 9.02. The second kappa shape index (κ2) is 13.0. The number of nitrogens with one attached hydrogen (secondary N) is 1. The molecule has 1 aromatic heterocycles. The van der Waals surface area contributed by atoms with E-state index in [9.17, 15) is 14.4 Å². The van der Waals surface area contributed by atoms with E-state index in [1.165, 1.54) is 0 Å². The van der Waals surface area contributed by atoms with Gasteiger partial charge in [0.15, 0.2) is 0 Å². The number of hydrogen-bond acceptors (Lipinski definition) is 6. The van der Waals surface area contributed by atoms with Crippen LogP contribution in [0, 0.1) is 5.92 Å². The molecule has 3 N–H and O–H groups in total. The number of amides is 1. The molecule has 4 aromatic rings. The highest BCUT2D eigenvalue weighted by Gasteiger charge is 2.33. The van der Waals surface area contributed by atoms with Crippen molar-refractivity contribution in [1.29, 1.82) is 0 Å². The lowest BCUT2D eigenvalue weighted by atomic mass is 9.88. The Morgan fingerprint density at radius 3 is 2.61 bits per heavy atom. The summed E-state index contributed by atoms with van der Waals surface area (Å²) in [7, 11) is 0. The van der Waals surface area contributed by atoms with Gasteiger partial charge in [-0.25, -0.2) is 0 Å². The predicted molar refractivity (Wildman–Crippen MR) is 161 cm³/mol. The maximum absolute atomic E-state index is 13.2. The summed E-state index contributed by atoms with van der Waals surface area (Å²) in [4.78, 5) is 37.8. The molecule has 1 saturated carbocycles. The second-order valence-corrected chi connectivity index (χ2v) is 11.0. The monoisotopic (exact) mass is 554 g/mol. The lowest BCUT2D eigenvalue weighted by molar-refractivity contribution is -0.126. The highest BCUT2D eigenvalue weighted by atomic mass is 16.5. The first-order valence-electron chi connectivity index (χ1n) is 14.7. The van der Waals surface area contributed by atoms with Crippen LogP contribution in [-0.2, 0) is 9.59 Å². The van der Waals surface area contributed by atoms with Crippen LogP contribution < -0.4 is 15.8 Å². The Bertz CT molecular complexity index is 1540. The van der Waals surface area contributed by atoms with Gasteiger partial charge in [0.1, 0.15) is 22.9 Å². The Hall–Kier alpha value is -4.13. The van der Waals surface area contributed by atoms with Crippen molar-refractivity contribution in [3.63, 3.8) is 0 Å². The van der Waals surface area contributed by atoms with Crippen molar-refractivity contribution in [2.24, 2.45) is 5.92 Å². The van der Waals surface area contributed by atoms with E-state index in [0.29, 0.717) is 50.1 Å². The molecule has 41 heavy (non-hydrogen) atoms. The zero-order chi connectivity index (χ0) is 28.8. The van der Waals surface area contributed by atoms with Crippen molar-refractivity contribution < 1.29 is 23.5 Å². The summed E-state index contributed by atoms with van der Waals surface area (Å²) in [6, 6.07) is 16.9. The molecule has 0 radical (unpaired) electrons. The van der Waals surface area contributed by atoms with Crippen LogP contribution in [0.15, 0.2) is 65.3 Å². The number of carbonyl (C=O) groups excluding carboxylic acids is 3. The largest absolute Gasteiger partial charge is 0.494 e. The van der Waals surface area contributed by atoms with E-state index in [-0.39, 0.29) is 29.3 Å². The van der Waals surface area contributed by atoms with Gasteiger partial charge in [-0.2, -0.15) is 0 Å². The van der Waals surface area contributed by atoms with Crippen molar-refractivity contribution >= 4 is 44.9 Å². The standard InChI is InChI=1S/C34H38N2O5/c1-2-22-20-31(38)28(14-15-30(22)37)29-21-41-32-16-9-24-19-26(12-13-27(24)33(29)32)40-18-6-4-3-5-17-36-34(39)23-7-10-25(35)11-8-23/h7-13,16,19,21-22,28H,2-6,14-15,17-18,20,35H2,1H3,(H,36,39). The minimum absolute atomic E-state index is 0.0782. The van der Waals surface area contributed by atoms with Crippen LogP contribution in [0.1, 0.15) is 80.1 Å². The normalized spacial score (nSPS) is 17.6. The average Bonchev–Trinajstić information content (AvgIpc) is 3.35. The molecule has 0 aliphatic heterocycles. The highest BCUT2D eigenvalue weighted by Crippen LogP contribution is 2.39. The van der Waals surface area contributed by atoms with Crippen LogP contribution in [0.5, 0.6) is 5.75 Å². The van der Waals surface area contributed by atoms with Crippen LogP contribution in [0.25, 0.3) is 21.7 Å². The van der Waals surface area contributed by atoms with Crippen molar-refractivity contribution in [3.05, 3.63) is 72.0 Å². The highest BCUT2D eigenvalue weighted by molar-refractivity contribution is 6.10. The summed E-state index contributed by atoms with van der Waals surface area (Å²) in [5, 5.41) is 5.95. The van der Waals surface area contributed by atoms with Gasteiger partial charge in [-0.3, -0.25) is 14.4 Å². The van der Waals surface area contributed by atoms with Crippen molar-refractivity contribution in [3.8, 4) is 5.75 Å². The van der Waals surface area contributed by atoms with Crippen LogP contribution in [-0.4, -0.2) is 30.6 Å². The van der Waals surface area contributed by atoms with Crippen LogP contribution in [0.4, 0.5) is 5.69 Å². The fraction of sp³-hybridized carbons (Fsp3) is 0.382. The van der Waals surface area contributed by atoms with E-state index in [4.69, 9.17) is 14.9 Å². The van der Waals surface area contributed by atoms with Crippen LogP contribution in [0.3, 0.4) is 0 Å². The molecule has 1 aliphatic carbocycles. The zero-order valence-electron chi connectivity index (χ0n) is 23.6. The van der Waals surface area contributed by atoms with Gasteiger partial charge in [-0.1, -0.05) is 25.8 Å². The maximum Gasteiger partial charge on any atom is 0.251 e. The molecular weight excluding hydrogens is 516 g/mol. The van der Waals surface area contributed by atoms with Gasteiger partial charge in [0.2, 0.25) is 0 Å². The first-order valence-corrected chi connectivity index (χ1v) is 14.7. The number of ketones is 2. The van der Waals surface area contributed by atoms with E-state index in [2.05, 4.69) is 5.32 Å². The fourth-order valence-electron chi connectivity index (χ4n) is 5.78. The van der Waals surface area contributed by atoms with E-state index >= 15 is 0 Å². The number of furan rings is 1. The lowest BCUT2D eigenvalue weighted by Crippen LogP contribution is -2.24. The van der Waals surface area contributed by atoms with E-state index in [0.717, 1.165) is 58.7 Å². The third kappa shape index (κ3) is 6.62. The van der Waals surface area contributed by atoms with Crippen LogP contribution in [0.2, 0.25) is 0 Å². The number of benzene rings is 3. The molecule has 0 bridgehead atoms. The number of nitrogens with two attached hydrogens (primary N) is 1. The number of Topliss-reactive ketones (excluding diaryl/α,β-unsaturated/α-hetero) is 2. The Labute approximate surface area is 240 Å². The Morgan fingerprint density at radius 1 is 1.00 bits per heavy atom. The first kappa shape index (κ1) is 28.4. The van der Waals surface area contributed by atoms with Gasteiger partial charge >= 0.3 is 0 Å². The number of carbonyl (C=O) groups is 3. The molecule has 0 spiro atoms. The lowest BCUT2D eigenvalue weighted by Gasteiger charge is -2.13. The van der Waals surface area contributed by atoms with E-state index in [1.54, 1.807) is 30.5 Å². The van der Waals surface area contributed by atoms with Crippen molar-refractivity contribution in [2.75, 3.05) is 18.9 Å². The molecule has 5 rings (SSSR count). The molecule has 1 amide bonds. The quantitative estimate of drug-likeness (QED) is 0.118. The predicted octanol–water partition coefficient (Wildman–Crippen LogP) is 6.97. The summed E-state index contributed by atoms with van der Waals surface area (Å²) < 4.78 is 11.9. The Balaban J connectivity index is 1.13. The van der Waals surface area contributed by atoms with Gasteiger partial charge in [0, 0.05) is 53.4 Å². The molecule has 2 unspecified atom stereocenters. The van der Waals surface area contributed by atoms with E-state index in [1.807, 2.05) is 37.3 Å². The molecule has 3 aromatic carbocycles. The Morgan fingerprint density at radius 2 is 1.80 bits per heavy atom. The molecule has 0 saturated heterocycles. The topological polar surface area (TPSA) is 112 Å². The van der Waals surface area contributed by atoms with Crippen LogP contribution >= 0.6 is 0 Å². The fourth-order valence-corrected chi connectivity index (χ4v) is 5.78. The molecule has 214 valence electrons. The third-order valence-electron chi connectivity index (χ3n) is 8.19. The van der Waals surface area contributed by atoms with Gasteiger partial charge in [-0.05, 0) is 85.0 Å². The second-order valence-electron chi connectivity index (χ2n) is 11.0. The molecular formula is C34H38N2O5. The van der Waals surface area contributed by atoms with Gasteiger partial charge in [-0.15, -0.1) is 0 Å². The summed E-state index contributed by atoms with van der Waals surface area (Å²) in [5.41, 5.74) is 8.57. The summed E-state index contributed by atoms with van der Waals surface area (Å²) >= 11 is 0.